The summed E-state index contributed by atoms with van der Waals surface area (Å²) < 4.78 is 0. The van der Waals surface area contributed by atoms with E-state index in [1.54, 1.807) is 0 Å². The summed E-state index contributed by atoms with van der Waals surface area (Å²) in [7, 11) is 0. The van der Waals surface area contributed by atoms with Gasteiger partial charge in [-0.2, -0.15) is 0 Å². The maximum Gasteiger partial charge on any atom is 0.223 e. The molecule has 0 aromatic heterocycles. The van der Waals surface area contributed by atoms with Crippen molar-refractivity contribution < 1.29 is 9.59 Å². The molecular formula is C11H21N3O2. The third-order valence-corrected chi connectivity index (χ3v) is 3.20. The van der Waals surface area contributed by atoms with Crippen molar-refractivity contribution in [2.45, 2.75) is 32.1 Å². The summed E-state index contributed by atoms with van der Waals surface area (Å²) >= 11 is 0. The van der Waals surface area contributed by atoms with E-state index in [1.165, 1.54) is 0 Å². The third-order valence-electron chi connectivity index (χ3n) is 3.20. The van der Waals surface area contributed by atoms with Crippen molar-refractivity contribution >= 4 is 11.8 Å². The van der Waals surface area contributed by atoms with Crippen molar-refractivity contribution in [3.05, 3.63) is 0 Å². The van der Waals surface area contributed by atoms with E-state index in [2.05, 4.69) is 5.32 Å². The normalized spacial score (nSPS) is 24.3. The highest BCUT2D eigenvalue weighted by molar-refractivity contribution is 5.79. The number of hydrogen-bond donors (Lipinski definition) is 3. The molecule has 0 heterocycles. The van der Waals surface area contributed by atoms with Crippen LogP contribution >= 0.6 is 0 Å². The molecule has 5 nitrogen and oxygen atoms in total. The summed E-state index contributed by atoms with van der Waals surface area (Å²) in [5.41, 5.74) is 10.6. The van der Waals surface area contributed by atoms with Crippen molar-refractivity contribution in [1.29, 1.82) is 0 Å². The van der Waals surface area contributed by atoms with Crippen LogP contribution in [0, 0.1) is 11.8 Å². The second-order valence-electron chi connectivity index (χ2n) is 4.39. The number of hydrogen-bond acceptors (Lipinski definition) is 3. The Morgan fingerprint density at radius 2 is 2.06 bits per heavy atom. The Balaban J connectivity index is 2.21. The topological polar surface area (TPSA) is 98.2 Å². The van der Waals surface area contributed by atoms with Crippen LogP contribution in [0.15, 0.2) is 0 Å². The van der Waals surface area contributed by atoms with Gasteiger partial charge in [-0.3, -0.25) is 9.59 Å². The lowest BCUT2D eigenvalue weighted by Gasteiger charge is -2.17. The van der Waals surface area contributed by atoms with E-state index in [9.17, 15) is 9.59 Å². The first-order valence-corrected chi connectivity index (χ1v) is 5.91. The van der Waals surface area contributed by atoms with Gasteiger partial charge in [0.05, 0.1) is 0 Å². The zero-order chi connectivity index (χ0) is 12.0. The molecule has 1 fully saturated rings. The van der Waals surface area contributed by atoms with Gasteiger partial charge in [-0.05, 0) is 31.7 Å². The van der Waals surface area contributed by atoms with Crippen LogP contribution in [0.5, 0.6) is 0 Å². The van der Waals surface area contributed by atoms with Crippen LogP contribution in [-0.4, -0.2) is 24.9 Å². The number of amides is 2. The molecular weight excluding hydrogens is 206 g/mol. The van der Waals surface area contributed by atoms with Crippen LogP contribution in [0.1, 0.15) is 32.1 Å². The predicted octanol–water partition coefficient (Wildman–Crippen LogP) is -0.257. The monoisotopic (exact) mass is 227 g/mol. The van der Waals surface area contributed by atoms with Gasteiger partial charge in [0.25, 0.3) is 0 Å². The fraction of sp³-hybridized carbons (Fsp3) is 0.818. The highest BCUT2D eigenvalue weighted by atomic mass is 16.2. The van der Waals surface area contributed by atoms with Crippen molar-refractivity contribution in [2.24, 2.45) is 23.3 Å². The van der Waals surface area contributed by atoms with Gasteiger partial charge in [0.15, 0.2) is 0 Å². The van der Waals surface area contributed by atoms with Crippen LogP contribution in [0.3, 0.4) is 0 Å². The van der Waals surface area contributed by atoms with Crippen LogP contribution in [0.2, 0.25) is 0 Å². The van der Waals surface area contributed by atoms with E-state index in [0.29, 0.717) is 31.8 Å². The molecule has 0 saturated heterocycles. The second-order valence-corrected chi connectivity index (χ2v) is 4.39. The molecule has 1 aliphatic rings. The van der Waals surface area contributed by atoms with Crippen LogP contribution in [0.25, 0.3) is 0 Å². The molecule has 5 N–H and O–H groups in total. The maximum atomic E-state index is 11.8. The number of nitrogens with one attached hydrogen (secondary N) is 1. The molecule has 2 atom stereocenters. The maximum absolute atomic E-state index is 11.8. The molecule has 0 aromatic carbocycles. The van der Waals surface area contributed by atoms with Gasteiger partial charge in [-0.25, -0.2) is 0 Å². The Morgan fingerprint density at radius 1 is 1.31 bits per heavy atom. The van der Waals surface area contributed by atoms with Crippen LogP contribution in [0.4, 0.5) is 0 Å². The minimum atomic E-state index is -0.324. The van der Waals surface area contributed by atoms with E-state index >= 15 is 0 Å². The molecule has 2 unspecified atom stereocenters. The Hall–Kier alpha value is -1.10. The standard InChI is InChI=1S/C11H21N3O2/c12-7-8-3-1-4-9(8)11(16)14-6-2-5-10(13)15/h8-9H,1-7,12H2,(H2,13,15)(H,14,16). The predicted molar refractivity (Wildman–Crippen MR) is 61.3 cm³/mol. The SMILES string of the molecule is NCC1CCCC1C(=O)NCCCC(N)=O. The summed E-state index contributed by atoms with van der Waals surface area (Å²) in [6.45, 7) is 1.11. The lowest BCUT2D eigenvalue weighted by Crippen LogP contribution is -2.35. The fourth-order valence-electron chi connectivity index (χ4n) is 2.27. The number of carbonyl (C=O) groups excluding carboxylic acids is 2. The Labute approximate surface area is 95.9 Å². The van der Waals surface area contributed by atoms with Gasteiger partial charge < -0.3 is 16.8 Å². The summed E-state index contributed by atoms with van der Waals surface area (Å²) in [5.74, 6) is 0.155. The van der Waals surface area contributed by atoms with Gasteiger partial charge in [-0.1, -0.05) is 6.42 Å². The average molecular weight is 227 g/mol. The molecule has 92 valence electrons. The van der Waals surface area contributed by atoms with Gasteiger partial charge in [-0.15, -0.1) is 0 Å². The van der Waals surface area contributed by atoms with E-state index in [0.717, 1.165) is 19.3 Å². The average Bonchev–Trinajstić information content (AvgIpc) is 2.71. The summed E-state index contributed by atoms with van der Waals surface area (Å²) in [6.07, 6.45) is 4.01. The molecule has 2 amide bonds. The molecule has 0 aromatic rings. The first kappa shape index (κ1) is 13.0. The van der Waals surface area contributed by atoms with Crippen molar-refractivity contribution in [2.75, 3.05) is 13.1 Å². The molecule has 0 spiro atoms. The zero-order valence-electron chi connectivity index (χ0n) is 9.58. The van der Waals surface area contributed by atoms with Gasteiger partial charge in [0.2, 0.25) is 11.8 Å². The Kier molecular flexibility index (Phi) is 5.25. The quantitative estimate of drug-likeness (QED) is 0.545. The van der Waals surface area contributed by atoms with Crippen LogP contribution < -0.4 is 16.8 Å². The fourth-order valence-corrected chi connectivity index (χ4v) is 2.27. The molecule has 5 heteroatoms. The molecule has 0 bridgehead atoms. The largest absolute Gasteiger partial charge is 0.370 e. The number of primary amides is 1. The zero-order valence-corrected chi connectivity index (χ0v) is 9.58. The molecule has 1 aliphatic carbocycles. The number of nitrogens with two attached hydrogens (primary N) is 2. The smallest absolute Gasteiger partial charge is 0.223 e. The van der Waals surface area contributed by atoms with E-state index in [1.807, 2.05) is 0 Å². The highest BCUT2D eigenvalue weighted by Gasteiger charge is 2.31. The minimum Gasteiger partial charge on any atom is -0.370 e. The van der Waals surface area contributed by atoms with Crippen molar-refractivity contribution in [3.8, 4) is 0 Å². The molecule has 1 rings (SSSR count). The first-order chi connectivity index (χ1) is 7.65. The molecule has 0 radical (unpaired) electrons. The van der Waals surface area contributed by atoms with Gasteiger partial charge >= 0.3 is 0 Å². The van der Waals surface area contributed by atoms with E-state index in [4.69, 9.17) is 11.5 Å². The molecule has 16 heavy (non-hydrogen) atoms. The molecule has 0 aliphatic heterocycles. The highest BCUT2D eigenvalue weighted by Crippen LogP contribution is 2.30. The molecule has 1 saturated carbocycles. The van der Waals surface area contributed by atoms with Crippen molar-refractivity contribution in [3.63, 3.8) is 0 Å². The Morgan fingerprint density at radius 3 is 2.69 bits per heavy atom. The lowest BCUT2D eigenvalue weighted by molar-refractivity contribution is -0.126. The van der Waals surface area contributed by atoms with E-state index < -0.39 is 0 Å². The van der Waals surface area contributed by atoms with Crippen LogP contribution in [-0.2, 0) is 9.59 Å². The van der Waals surface area contributed by atoms with Crippen molar-refractivity contribution in [1.82, 2.24) is 5.32 Å². The summed E-state index contributed by atoms with van der Waals surface area (Å²) in [5, 5.41) is 2.84. The Bertz CT molecular complexity index is 256. The summed E-state index contributed by atoms with van der Waals surface area (Å²) in [4.78, 5) is 22.3. The summed E-state index contributed by atoms with van der Waals surface area (Å²) in [6, 6.07) is 0. The van der Waals surface area contributed by atoms with Gasteiger partial charge in [0.1, 0.15) is 0 Å². The number of carbonyl (C=O) groups is 2. The third kappa shape index (κ3) is 3.81. The minimum absolute atomic E-state index is 0.0681. The first-order valence-electron chi connectivity index (χ1n) is 5.91. The van der Waals surface area contributed by atoms with Gasteiger partial charge in [0, 0.05) is 18.9 Å². The second kappa shape index (κ2) is 6.48. The number of rotatable bonds is 6. The lowest BCUT2D eigenvalue weighted by atomic mass is 9.95. The van der Waals surface area contributed by atoms with E-state index in [-0.39, 0.29) is 17.7 Å².